The van der Waals surface area contributed by atoms with Crippen molar-refractivity contribution >= 4 is 29.2 Å². The third-order valence-electron chi connectivity index (χ3n) is 2.82. The molecule has 1 aromatic carbocycles. The number of hydrogen-bond acceptors (Lipinski definition) is 4. The normalized spacial score (nSPS) is 11.0. The van der Waals surface area contributed by atoms with Crippen LogP contribution >= 0.6 is 11.6 Å². The van der Waals surface area contributed by atoms with Crippen molar-refractivity contribution in [2.24, 2.45) is 0 Å². The zero-order valence-electron chi connectivity index (χ0n) is 11.6. The SMILES string of the molecule is CC(C)(CCC(=O)O)NC(=O)c1cc(Cl)ccc1[N+](=O)[O-]. The molecule has 1 rings (SSSR count). The lowest BCUT2D eigenvalue weighted by Crippen LogP contribution is -2.43. The summed E-state index contributed by atoms with van der Waals surface area (Å²) in [5.74, 6) is -1.65. The Bertz CT molecular complexity index is 586. The molecule has 0 fully saturated rings. The van der Waals surface area contributed by atoms with Gasteiger partial charge in [0, 0.05) is 23.0 Å². The topological polar surface area (TPSA) is 110 Å². The van der Waals surface area contributed by atoms with E-state index >= 15 is 0 Å². The van der Waals surface area contributed by atoms with Crippen molar-refractivity contribution < 1.29 is 19.6 Å². The zero-order valence-corrected chi connectivity index (χ0v) is 12.3. The van der Waals surface area contributed by atoms with Gasteiger partial charge in [0.2, 0.25) is 0 Å². The molecule has 2 N–H and O–H groups in total. The van der Waals surface area contributed by atoms with Crippen LogP contribution in [-0.2, 0) is 4.79 Å². The molecule has 0 unspecified atom stereocenters. The number of nitro groups is 1. The minimum absolute atomic E-state index is 0.120. The van der Waals surface area contributed by atoms with E-state index in [0.29, 0.717) is 0 Å². The Balaban J connectivity index is 2.96. The van der Waals surface area contributed by atoms with Gasteiger partial charge in [-0.1, -0.05) is 11.6 Å². The molecule has 0 saturated heterocycles. The molecule has 0 aliphatic heterocycles. The number of hydrogen-bond donors (Lipinski definition) is 2. The van der Waals surface area contributed by atoms with Crippen LogP contribution in [0.25, 0.3) is 0 Å². The molecule has 0 heterocycles. The second kappa shape index (κ2) is 6.53. The van der Waals surface area contributed by atoms with Crippen molar-refractivity contribution in [3.8, 4) is 0 Å². The Morgan fingerprint density at radius 2 is 2.05 bits per heavy atom. The molecule has 1 amide bonds. The van der Waals surface area contributed by atoms with Crippen molar-refractivity contribution in [3.63, 3.8) is 0 Å². The van der Waals surface area contributed by atoms with E-state index in [4.69, 9.17) is 16.7 Å². The average Bonchev–Trinajstić information content (AvgIpc) is 2.35. The maximum Gasteiger partial charge on any atom is 0.303 e. The molecule has 1 aromatic rings. The van der Waals surface area contributed by atoms with E-state index < -0.39 is 22.3 Å². The second-order valence-electron chi connectivity index (χ2n) is 5.15. The van der Waals surface area contributed by atoms with Crippen LogP contribution in [0.4, 0.5) is 5.69 Å². The van der Waals surface area contributed by atoms with Gasteiger partial charge in [-0.2, -0.15) is 0 Å². The van der Waals surface area contributed by atoms with Crippen LogP contribution in [0.1, 0.15) is 37.0 Å². The summed E-state index contributed by atoms with van der Waals surface area (Å²) in [5.41, 5.74) is -1.33. The number of carbonyl (C=O) groups is 2. The largest absolute Gasteiger partial charge is 0.481 e. The van der Waals surface area contributed by atoms with Crippen LogP contribution < -0.4 is 5.32 Å². The number of carbonyl (C=O) groups excluding carboxylic acids is 1. The van der Waals surface area contributed by atoms with Gasteiger partial charge < -0.3 is 10.4 Å². The predicted molar refractivity (Wildman–Crippen MR) is 76.5 cm³/mol. The molecule has 114 valence electrons. The summed E-state index contributed by atoms with van der Waals surface area (Å²) in [6.07, 6.45) is 0.0767. The highest BCUT2D eigenvalue weighted by Gasteiger charge is 2.26. The summed E-state index contributed by atoms with van der Waals surface area (Å²) in [4.78, 5) is 33.0. The Kier molecular flexibility index (Phi) is 5.26. The van der Waals surface area contributed by atoms with Crippen LogP contribution in [-0.4, -0.2) is 27.4 Å². The van der Waals surface area contributed by atoms with Gasteiger partial charge in [-0.3, -0.25) is 19.7 Å². The Morgan fingerprint density at radius 3 is 2.57 bits per heavy atom. The smallest absolute Gasteiger partial charge is 0.303 e. The maximum absolute atomic E-state index is 12.2. The molecule has 7 nitrogen and oxygen atoms in total. The molecule has 0 aliphatic carbocycles. The fourth-order valence-corrected chi connectivity index (χ4v) is 1.88. The van der Waals surface area contributed by atoms with E-state index in [9.17, 15) is 19.7 Å². The fourth-order valence-electron chi connectivity index (χ4n) is 1.71. The molecule has 0 spiro atoms. The van der Waals surface area contributed by atoms with Crippen LogP contribution in [0.5, 0.6) is 0 Å². The second-order valence-corrected chi connectivity index (χ2v) is 5.59. The Labute approximate surface area is 126 Å². The summed E-state index contributed by atoms with van der Waals surface area (Å²) >= 11 is 5.76. The number of aliphatic carboxylic acids is 1. The van der Waals surface area contributed by atoms with Gasteiger partial charge in [-0.25, -0.2) is 0 Å². The third kappa shape index (κ3) is 5.03. The summed E-state index contributed by atoms with van der Waals surface area (Å²) in [6.45, 7) is 3.29. The highest BCUT2D eigenvalue weighted by atomic mass is 35.5. The van der Waals surface area contributed by atoms with Gasteiger partial charge >= 0.3 is 5.97 Å². The van der Waals surface area contributed by atoms with E-state index in [1.54, 1.807) is 13.8 Å². The number of halogens is 1. The molecular weight excluding hydrogens is 300 g/mol. The number of benzene rings is 1. The molecule has 0 aromatic heterocycles. The van der Waals surface area contributed by atoms with E-state index in [0.717, 1.165) is 6.07 Å². The molecule has 0 atom stereocenters. The third-order valence-corrected chi connectivity index (χ3v) is 3.05. The van der Waals surface area contributed by atoms with Crippen molar-refractivity contribution in [1.29, 1.82) is 0 Å². The summed E-state index contributed by atoms with van der Waals surface area (Å²) in [5, 5.41) is 22.4. The molecule has 8 heteroatoms. The van der Waals surface area contributed by atoms with E-state index in [2.05, 4.69) is 5.32 Å². The highest BCUT2D eigenvalue weighted by Crippen LogP contribution is 2.23. The fraction of sp³-hybridized carbons (Fsp3) is 0.385. The van der Waals surface area contributed by atoms with Crippen LogP contribution in [0, 0.1) is 10.1 Å². The minimum atomic E-state index is -0.980. The first kappa shape index (κ1) is 16.9. The quantitative estimate of drug-likeness (QED) is 0.619. The van der Waals surface area contributed by atoms with Gasteiger partial charge in [0.05, 0.1) is 4.92 Å². The monoisotopic (exact) mass is 314 g/mol. The van der Waals surface area contributed by atoms with Gasteiger partial charge in [0.1, 0.15) is 5.56 Å². The predicted octanol–water partition coefficient (Wildman–Crippen LogP) is 2.62. The first-order valence-electron chi connectivity index (χ1n) is 6.10. The van der Waals surface area contributed by atoms with Gasteiger partial charge in [0.15, 0.2) is 0 Å². The number of amides is 1. The number of nitro benzene ring substituents is 1. The molecule has 0 bridgehead atoms. The Morgan fingerprint density at radius 1 is 1.43 bits per heavy atom. The van der Waals surface area contributed by atoms with Crippen molar-refractivity contribution in [3.05, 3.63) is 38.9 Å². The molecule has 21 heavy (non-hydrogen) atoms. The number of carboxylic acid groups (broad SMARTS) is 1. The first-order valence-corrected chi connectivity index (χ1v) is 6.48. The minimum Gasteiger partial charge on any atom is -0.481 e. The number of carboxylic acids is 1. The van der Waals surface area contributed by atoms with Crippen molar-refractivity contribution in [2.75, 3.05) is 0 Å². The standard InChI is InChI=1S/C13H15ClN2O5/c1-13(2,6-5-11(17)18)15-12(19)9-7-8(14)3-4-10(9)16(20)21/h3-4,7H,5-6H2,1-2H3,(H,15,19)(H,17,18). The Hall–Kier alpha value is -2.15. The van der Waals surface area contributed by atoms with E-state index in [-0.39, 0.29) is 29.1 Å². The lowest BCUT2D eigenvalue weighted by molar-refractivity contribution is -0.385. The molecule has 0 saturated carbocycles. The van der Waals surface area contributed by atoms with Crippen molar-refractivity contribution in [2.45, 2.75) is 32.2 Å². The van der Waals surface area contributed by atoms with Gasteiger partial charge in [-0.15, -0.1) is 0 Å². The molecular formula is C13H15ClN2O5. The molecule has 0 radical (unpaired) electrons. The van der Waals surface area contributed by atoms with Crippen LogP contribution in [0.15, 0.2) is 18.2 Å². The highest BCUT2D eigenvalue weighted by molar-refractivity contribution is 6.31. The summed E-state index contributed by atoms with van der Waals surface area (Å²) < 4.78 is 0. The summed E-state index contributed by atoms with van der Waals surface area (Å²) in [7, 11) is 0. The zero-order chi connectivity index (χ0) is 16.2. The average molecular weight is 315 g/mol. The van der Waals surface area contributed by atoms with Crippen LogP contribution in [0.2, 0.25) is 5.02 Å². The first-order chi connectivity index (χ1) is 9.62. The van der Waals surface area contributed by atoms with Gasteiger partial charge in [-0.05, 0) is 32.4 Å². The number of nitrogens with zero attached hydrogens (tertiary/aromatic N) is 1. The number of rotatable bonds is 6. The summed E-state index contributed by atoms with van der Waals surface area (Å²) in [6, 6.07) is 3.69. The lowest BCUT2D eigenvalue weighted by atomic mass is 9.97. The molecule has 0 aliphatic rings. The van der Waals surface area contributed by atoms with E-state index in [1.165, 1.54) is 12.1 Å². The maximum atomic E-state index is 12.2. The van der Waals surface area contributed by atoms with Crippen molar-refractivity contribution in [1.82, 2.24) is 5.32 Å². The van der Waals surface area contributed by atoms with Gasteiger partial charge in [0.25, 0.3) is 11.6 Å². The van der Waals surface area contributed by atoms with E-state index in [1.807, 2.05) is 0 Å². The lowest BCUT2D eigenvalue weighted by Gasteiger charge is -2.25. The van der Waals surface area contributed by atoms with Crippen LogP contribution in [0.3, 0.4) is 0 Å². The number of nitrogens with one attached hydrogen (secondary N) is 1.